The minimum atomic E-state index is 0.0422. The molecule has 1 nitrogen and oxygen atoms in total. The molecule has 0 fully saturated rings. The summed E-state index contributed by atoms with van der Waals surface area (Å²) in [4.78, 5) is 0. The number of allylic oxidation sites excluding steroid dienone is 4. The summed E-state index contributed by atoms with van der Waals surface area (Å²) in [5, 5.41) is 9.02. The molecule has 0 unspecified atom stereocenters. The standard InChI is InChI=1S/C9H10O/c1-4-7-8(5-2)9(10)6-3/h2,4,6-7,10H,3H2,1H3/b7-4-,9-8+. The van der Waals surface area contributed by atoms with Gasteiger partial charge in [0, 0.05) is 0 Å². The lowest BCUT2D eigenvalue weighted by Crippen LogP contribution is -1.80. The third-order valence-electron chi connectivity index (χ3n) is 0.958. The molecule has 1 N–H and O–H groups in total. The van der Waals surface area contributed by atoms with Crippen LogP contribution in [0.1, 0.15) is 6.92 Å². The van der Waals surface area contributed by atoms with Crippen LogP contribution in [0.3, 0.4) is 0 Å². The Morgan fingerprint density at radius 2 is 2.30 bits per heavy atom. The van der Waals surface area contributed by atoms with Crippen LogP contribution >= 0.6 is 0 Å². The second kappa shape index (κ2) is 4.46. The quantitative estimate of drug-likeness (QED) is 0.348. The molecule has 0 rings (SSSR count). The SMILES string of the molecule is C#CC(/C=C\C)=C(\O)C=C. The number of terminal acetylenes is 1. The van der Waals surface area contributed by atoms with Crippen LogP contribution in [0, 0.1) is 12.3 Å². The molecule has 0 aromatic heterocycles. The van der Waals surface area contributed by atoms with Crippen LogP contribution in [0.15, 0.2) is 36.1 Å². The fourth-order valence-corrected chi connectivity index (χ4v) is 0.484. The Hall–Kier alpha value is -1.42. The summed E-state index contributed by atoms with van der Waals surface area (Å²) in [5.41, 5.74) is 0.456. The molecule has 10 heavy (non-hydrogen) atoms. The van der Waals surface area contributed by atoms with Gasteiger partial charge in [-0.15, -0.1) is 6.42 Å². The summed E-state index contributed by atoms with van der Waals surface area (Å²) in [6, 6.07) is 0. The monoisotopic (exact) mass is 134 g/mol. The van der Waals surface area contributed by atoms with Crippen molar-refractivity contribution < 1.29 is 5.11 Å². The molecular formula is C9H10O. The van der Waals surface area contributed by atoms with Gasteiger partial charge in [-0.1, -0.05) is 18.6 Å². The summed E-state index contributed by atoms with van der Waals surface area (Å²) in [7, 11) is 0. The fraction of sp³-hybridized carbons (Fsp3) is 0.111. The molecule has 0 saturated heterocycles. The van der Waals surface area contributed by atoms with Crippen LogP contribution in [-0.2, 0) is 0 Å². The molecule has 0 bridgehead atoms. The fourth-order valence-electron chi connectivity index (χ4n) is 0.484. The zero-order valence-electron chi connectivity index (χ0n) is 5.96. The van der Waals surface area contributed by atoms with Gasteiger partial charge in [0.25, 0.3) is 0 Å². The van der Waals surface area contributed by atoms with Gasteiger partial charge >= 0.3 is 0 Å². The van der Waals surface area contributed by atoms with Gasteiger partial charge in [-0.25, -0.2) is 0 Å². The van der Waals surface area contributed by atoms with E-state index in [2.05, 4.69) is 12.5 Å². The molecule has 0 amide bonds. The van der Waals surface area contributed by atoms with Gasteiger partial charge in [0.15, 0.2) is 0 Å². The predicted octanol–water partition coefficient (Wildman–Crippen LogP) is 2.19. The molecule has 0 aliphatic carbocycles. The largest absolute Gasteiger partial charge is 0.507 e. The minimum Gasteiger partial charge on any atom is -0.507 e. The molecular weight excluding hydrogens is 124 g/mol. The number of aliphatic hydroxyl groups is 1. The second-order valence-electron chi connectivity index (χ2n) is 1.65. The molecule has 1 heteroatoms. The van der Waals surface area contributed by atoms with Crippen molar-refractivity contribution in [1.29, 1.82) is 0 Å². The molecule has 0 aromatic rings. The van der Waals surface area contributed by atoms with E-state index < -0.39 is 0 Å². The normalized spacial score (nSPS) is 12.4. The van der Waals surface area contributed by atoms with Gasteiger partial charge < -0.3 is 5.11 Å². The summed E-state index contributed by atoms with van der Waals surface area (Å²) in [6.45, 7) is 5.20. The Bertz CT molecular complexity index is 213. The first kappa shape index (κ1) is 8.58. The Kier molecular flexibility index (Phi) is 3.83. The van der Waals surface area contributed by atoms with E-state index in [0.717, 1.165) is 0 Å². The van der Waals surface area contributed by atoms with Gasteiger partial charge in [-0.05, 0) is 19.1 Å². The highest BCUT2D eigenvalue weighted by Crippen LogP contribution is 2.01. The van der Waals surface area contributed by atoms with Crippen molar-refractivity contribution in [1.82, 2.24) is 0 Å². The maximum atomic E-state index is 9.02. The molecule has 0 spiro atoms. The van der Waals surface area contributed by atoms with E-state index in [1.54, 1.807) is 12.2 Å². The van der Waals surface area contributed by atoms with E-state index in [4.69, 9.17) is 11.5 Å². The molecule has 0 aliphatic rings. The van der Waals surface area contributed by atoms with E-state index in [-0.39, 0.29) is 5.76 Å². The van der Waals surface area contributed by atoms with Crippen molar-refractivity contribution in [2.75, 3.05) is 0 Å². The molecule has 52 valence electrons. The summed E-state index contributed by atoms with van der Waals surface area (Å²) in [6.07, 6.45) is 9.79. The Balaban J connectivity index is 4.66. The first-order valence-corrected chi connectivity index (χ1v) is 2.91. The first-order chi connectivity index (χ1) is 4.76. The molecule has 0 aromatic carbocycles. The van der Waals surface area contributed by atoms with Gasteiger partial charge in [0.05, 0.1) is 5.57 Å². The van der Waals surface area contributed by atoms with Crippen molar-refractivity contribution in [3.05, 3.63) is 36.1 Å². The van der Waals surface area contributed by atoms with E-state index in [1.165, 1.54) is 6.08 Å². The Morgan fingerprint density at radius 3 is 2.60 bits per heavy atom. The highest BCUT2D eigenvalue weighted by atomic mass is 16.3. The van der Waals surface area contributed by atoms with Gasteiger partial charge in [0.2, 0.25) is 0 Å². The summed E-state index contributed by atoms with van der Waals surface area (Å²) in [5.74, 6) is 2.37. The molecule has 0 radical (unpaired) electrons. The van der Waals surface area contributed by atoms with Crippen molar-refractivity contribution in [3.63, 3.8) is 0 Å². The summed E-state index contributed by atoms with van der Waals surface area (Å²) < 4.78 is 0. The Labute approximate surface area is 61.4 Å². The average molecular weight is 134 g/mol. The topological polar surface area (TPSA) is 20.2 Å². The lowest BCUT2D eigenvalue weighted by molar-refractivity contribution is 0.430. The minimum absolute atomic E-state index is 0.0422. The van der Waals surface area contributed by atoms with Gasteiger partial charge in [-0.3, -0.25) is 0 Å². The highest BCUT2D eigenvalue weighted by Gasteiger charge is 1.91. The van der Waals surface area contributed by atoms with Crippen molar-refractivity contribution in [2.24, 2.45) is 0 Å². The predicted molar refractivity (Wildman–Crippen MR) is 43.5 cm³/mol. The van der Waals surface area contributed by atoms with E-state index in [1.807, 2.05) is 6.92 Å². The number of hydrogen-bond donors (Lipinski definition) is 1. The molecule has 0 heterocycles. The lowest BCUT2D eigenvalue weighted by atomic mass is 10.2. The molecule has 0 atom stereocenters. The van der Waals surface area contributed by atoms with Crippen LogP contribution in [0.2, 0.25) is 0 Å². The zero-order valence-corrected chi connectivity index (χ0v) is 5.96. The maximum absolute atomic E-state index is 9.02. The van der Waals surface area contributed by atoms with E-state index in [0.29, 0.717) is 5.57 Å². The Morgan fingerprint density at radius 1 is 1.70 bits per heavy atom. The van der Waals surface area contributed by atoms with Crippen molar-refractivity contribution in [3.8, 4) is 12.3 Å². The first-order valence-electron chi connectivity index (χ1n) is 2.91. The summed E-state index contributed by atoms with van der Waals surface area (Å²) >= 11 is 0. The lowest BCUT2D eigenvalue weighted by Gasteiger charge is -1.91. The van der Waals surface area contributed by atoms with E-state index in [9.17, 15) is 0 Å². The number of hydrogen-bond acceptors (Lipinski definition) is 1. The van der Waals surface area contributed by atoms with Crippen LogP contribution in [0.25, 0.3) is 0 Å². The van der Waals surface area contributed by atoms with Gasteiger partial charge in [0.1, 0.15) is 5.76 Å². The number of rotatable bonds is 2. The van der Waals surface area contributed by atoms with Crippen molar-refractivity contribution >= 4 is 0 Å². The van der Waals surface area contributed by atoms with Crippen LogP contribution < -0.4 is 0 Å². The average Bonchev–Trinajstić information content (AvgIpc) is 1.99. The zero-order chi connectivity index (χ0) is 7.98. The maximum Gasteiger partial charge on any atom is 0.130 e. The van der Waals surface area contributed by atoms with Crippen LogP contribution in [0.4, 0.5) is 0 Å². The highest BCUT2D eigenvalue weighted by molar-refractivity contribution is 5.40. The van der Waals surface area contributed by atoms with Crippen LogP contribution in [0.5, 0.6) is 0 Å². The molecule has 0 aliphatic heterocycles. The smallest absolute Gasteiger partial charge is 0.130 e. The van der Waals surface area contributed by atoms with Gasteiger partial charge in [-0.2, -0.15) is 0 Å². The van der Waals surface area contributed by atoms with E-state index >= 15 is 0 Å². The molecule has 0 saturated carbocycles. The third-order valence-corrected chi connectivity index (χ3v) is 0.958. The van der Waals surface area contributed by atoms with Crippen LogP contribution in [-0.4, -0.2) is 5.11 Å². The number of aliphatic hydroxyl groups excluding tert-OH is 1. The third kappa shape index (κ3) is 2.23. The van der Waals surface area contributed by atoms with Crippen molar-refractivity contribution in [2.45, 2.75) is 6.92 Å². The second-order valence-corrected chi connectivity index (χ2v) is 1.65.